The second kappa shape index (κ2) is 5.66. The third kappa shape index (κ3) is 2.47. The quantitative estimate of drug-likeness (QED) is 0.909. The van der Waals surface area contributed by atoms with Gasteiger partial charge in [0.25, 0.3) is 0 Å². The molecule has 0 aliphatic heterocycles. The number of para-hydroxylation sites is 1. The predicted molar refractivity (Wildman–Crippen MR) is 77.9 cm³/mol. The van der Waals surface area contributed by atoms with Gasteiger partial charge in [0.2, 0.25) is 0 Å². The molecule has 0 amide bonds. The summed E-state index contributed by atoms with van der Waals surface area (Å²) in [5.74, 6) is 0.743. The van der Waals surface area contributed by atoms with E-state index in [-0.39, 0.29) is 0 Å². The van der Waals surface area contributed by atoms with E-state index in [0.717, 1.165) is 23.5 Å². The van der Waals surface area contributed by atoms with Crippen molar-refractivity contribution in [1.29, 1.82) is 0 Å². The third-order valence-corrected chi connectivity index (χ3v) is 4.16. The van der Waals surface area contributed by atoms with Gasteiger partial charge >= 0.3 is 0 Å². The molecule has 1 N–H and O–H groups in total. The molecule has 1 heterocycles. The number of hydrogen-bond donors (Lipinski definition) is 1. The Kier molecular flexibility index (Phi) is 3.74. The van der Waals surface area contributed by atoms with Gasteiger partial charge in [-0.3, -0.25) is 9.97 Å². The molecule has 3 heteroatoms. The highest BCUT2D eigenvalue weighted by Crippen LogP contribution is 2.37. The Labute approximate surface area is 114 Å². The molecule has 1 aromatic carbocycles. The van der Waals surface area contributed by atoms with Gasteiger partial charge in [-0.15, -0.1) is 0 Å². The number of nitrogens with zero attached hydrogens (tertiary/aromatic N) is 2. The number of rotatable bonds is 4. The van der Waals surface area contributed by atoms with Crippen LogP contribution < -0.4 is 5.32 Å². The number of aromatic nitrogens is 2. The Balaban J connectivity index is 2.03. The van der Waals surface area contributed by atoms with Crippen molar-refractivity contribution in [3.63, 3.8) is 0 Å². The number of hydrogen-bond acceptors (Lipinski definition) is 3. The summed E-state index contributed by atoms with van der Waals surface area (Å²) in [6.45, 7) is 3.18. The molecule has 1 aromatic heterocycles. The zero-order valence-electron chi connectivity index (χ0n) is 11.5. The molecular weight excluding hydrogens is 234 g/mol. The van der Waals surface area contributed by atoms with E-state index in [9.17, 15) is 0 Å². The van der Waals surface area contributed by atoms with E-state index in [4.69, 9.17) is 0 Å². The van der Waals surface area contributed by atoms with Crippen LogP contribution in [0.2, 0.25) is 0 Å². The van der Waals surface area contributed by atoms with Crippen LogP contribution in [0, 0.1) is 5.92 Å². The van der Waals surface area contributed by atoms with Crippen molar-refractivity contribution in [2.75, 3.05) is 6.54 Å². The molecule has 2 aromatic rings. The Bertz CT molecular complexity index is 541. The van der Waals surface area contributed by atoms with Crippen LogP contribution in [0.15, 0.2) is 30.6 Å². The Morgan fingerprint density at radius 3 is 2.79 bits per heavy atom. The van der Waals surface area contributed by atoms with Gasteiger partial charge in [0.05, 0.1) is 11.0 Å². The lowest BCUT2D eigenvalue weighted by atomic mass is 9.90. The van der Waals surface area contributed by atoms with Crippen LogP contribution in [-0.4, -0.2) is 16.5 Å². The third-order valence-electron chi connectivity index (χ3n) is 4.16. The maximum Gasteiger partial charge on any atom is 0.0934 e. The van der Waals surface area contributed by atoms with Crippen molar-refractivity contribution in [3.8, 4) is 0 Å². The van der Waals surface area contributed by atoms with E-state index >= 15 is 0 Å². The normalized spacial score (nSPS) is 17.9. The van der Waals surface area contributed by atoms with E-state index < -0.39 is 0 Å². The van der Waals surface area contributed by atoms with Crippen molar-refractivity contribution in [1.82, 2.24) is 15.3 Å². The number of fused-ring (bicyclic) bond motifs is 1. The number of nitrogens with one attached hydrogen (secondary N) is 1. The molecule has 0 radical (unpaired) electrons. The highest BCUT2D eigenvalue weighted by Gasteiger charge is 2.27. The van der Waals surface area contributed by atoms with Crippen molar-refractivity contribution in [2.24, 2.45) is 5.92 Å². The molecule has 0 saturated heterocycles. The monoisotopic (exact) mass is 255 g/mol. The molecule has 3 nitrogen and oxygen atoms in total. The molecule has 1 fully saturated rings. The summed E-state index contributed by atoms with van der Waals surface area (Å²) in [5, 5.41) is 3.67. The van der Waals surface area contributed by atoms with Crippen LogP contribution in [0.5, 0.6) is 0 Å². The van der Waals surface area contributed by atoms with Gasteiger partial charge in [-0.1, -0.05) is 31.9 Å². The summed E-state index contributed by atoms with van der Waals surface area (Å²) in [7, 11) is 0. The van der Waals surface area contributed by atoms with Crippen molar-refractivity contribution in [3.05, 3.63) is 36.2 Å². The zero-order valence-corrected chi connectivity index (χ0v) is 11.5. The largest absolute Gasteiger partial charge is 0.310 e. The van der Waals surface area contributed by atoms with Gasteiger partial charge in [0, 0.05) is 18.4 Å². The summed E-state index contributed by atoms with van der Waals surface area (Å²) < 4.78 is 0. The van der Waals surface area contributed by atoms with Crippen LogP contribution in [0.3, 0.4) is 0 Å². The van der Waals surface area contributed by atoms with Crippen LogP contribution >= 0.6 is 0 Å². The van der Waals surface area contributed by atoms with Gasteiger partial charge in [0.1, 0.15) is 0 Å². The average molecular weight is 255 g/mol. The number of benzene rings is 1. The van der Waals surface area contributed by atoms with E-state index in [1.165, 1.54) is 31.2 Å². The van der Waals surface area contributed by atoms with Crippen molar-refractivity contribution < 1.29 is 0 Å². The SMILES string of the molecule is CCNC(c1cccc2nccnc12)C1CCCC1. The van der Waals surface area contributed by atoms with Crippen molar-refractivity contribution in [2.45, 2.75) is 38.6 Å². The molecule has 0 bridgehead atoms. The summed E-state index contributed by atoms with van der Waals surface area (Å²) in [5.41, 5.74) is 3.38. The van der Waals surface area contributed by atoms with Crippen LogP contribution in [0.25, 0.3) is 11.0 Å². The second-order valence-electron chi connectivity index (χ2n) is 5.35. The Morgan fingerprint density at radius 1 is 1.21 bits per heavy atom. The lowest BCUT2D eigenvalue weighted by Gasteiger charge is -2.25. The fourth-order valence-electron chi connectivity index (χ4n) is 3.31. The molecule has 1 saturated carbocycles. The van der Waals surface area contributed by atoms with E-state index in [2.05, 4.69) is 34.3 Å². The maximum atomic E-state index is 4.55. The summed E-state index contributed by atoms with van der Waals surface area (Å²) in [4.78, 5) is 8.97. The van der Waals surface area contributed by atoms with Gasteiger partial charge < -0.3 is 5.32 Å². The molecule has 100 valence electrons. The zero-order chi connectivity index (χ0) is 13.1. The smallest absolute Gasteiger partial charge is 0.0934 e. The van der Waals surface area contributed by atoms with Gasteiger partial charge in [-0.2, -0.15) is 0 Å². The topological polar surface area (TPSA) is 37.8 Å². The first-order valence-electron chi connectivity index (χ1n) is 7.33. The maximum absolute atomic E-state index is 4.55. The molecule has 1 aliphatic carbocycles. The molecule has 1 unspecified atom stereocenters. The van der Waals surface area contributed by atoms with E-state index in [1.807, 2.05) is 6.07 Å². The van der Waals surface area contributed by atoms with Crippen LogP contribution in [-0.2, 0) is 0 Å². The predicted octanol–water partition coefficient (Wildman–Crippen LogP) is 3.47. The van der Waals surface area contributed by atoms with E-state index in [0.29, 0.717) is 6.04 Å². The van der Waals surface area contributed by atoms with Crippen LogP contribution in [0.4, 0.5) is 0 Å². The van der Waals surface area contributed by atoms with Gasteiger partial charge in [0.15, 0.2) is 0 Å². The van der Waals surface area contributed by atoms with Gasteiger partial charge in [-0.05, 0) is 36.9 Å². The molecule has 1 aliphatic rings. The minimum Gasteiger partial charge on any atom is -0.310 e. The fraction of sp³-hybridized carbons (Fsp3) is 0.500. The summed E-state index contributed by atoms with van der Waals surface area (Å²) in [6, 6.07) is 6.78. The van der Waals surface area contributed by atoms with Crippen LogP contribution in [0.1, 0.15) is 44.2 Å². The molecule has 19 heavy (non-hydrogen) atoms. The highest BCUT2D eigenvalue weighted by atomic mass is 14.9. The van der Waals surface area contributed by atoms with E-state index in [1.54, 1.807) is 12.4 Å². The average Bonchev–Trinajstić information content (AvgIpc) is 2.98. The first-order chi connectivity index (χ1) is 9.40. The minimum absolute atomic E-state index is 0.424. The first kappa shape index (κ1) is 12.5. The standard InChI is InChI=1S/C16H21N3/c1-2-17-15(12-6-3-4-7-12)13-8-5-9-14-16(13)19-11-10-18-14/h5,8-12,15,17H,2-4,6-7H2,1H3. The van der Waals surface area contributed by atoms with Crippen molar-refractivity contribution >= 4 is 11.0 Å². The molecule has 0 spiro atoms. The molecular formula is C16H21N3. The Hall–Kier alpha value is -1.48. The molecule has 1 atom stereocenters. The highest BCUT2D eigenvalue weighted by molar-refractivity contribution is 5.78. The first-order valence-corrected chi connectivity index (χ1v) is 7.33. The second-order valence-corrected chi connectivity index (χ2v) is 5.35. The summed E-state index contributed by atoms with van der Waals surface area (Å²) >= 11 is 0. The lowest BCUT2D eigenvalue weighted by molar-refractivity contribution is 0.376. The molecule has 3 rings (SSSR count). The summed E-state index contributed by atoms with van der Waals surface area (Å²) in [6.07, 6.45) is 8.95. The fourth-order valence-corrected chi connectivity index (χ4v) is 3.31. The lowest BCUT2D eigenvalue weighted by Crippen LogP contribution is -2.27. The minimum atomic E-state index is 0.424. The van der Waals surface area contributed by atoms with Gasteiger partial charge in [-0.25, -0.2) is 0 Å². The Morgan fingerprint density at radius 2 is 2.00 bits per heavy atom.